The van der Waals surface area contributed by atoms with Crippen LogP contribution in [0.25, 0.3) is 0 Å². The van der Waals surface area contributed by atoms with E-state index in [4.69, 9.17) is 5.11 Å². The molecule has 0 fully saturated rings. The lowest BCUT2D eigenvalue weighted by atomic mass is 10.2. The van der Waals surface area contributed by atoms with E-state index in [0.717, 1.165) is 0 Å². The van der Waals surface area contributed by atoms with Crippen LogP contribution in [-0.2, 0) is 6.18 Å². The summed E-state index contributed by atoms with van der Waals surface area (Å²) in [5.74, 6) is 0. The van der Waals surface area contributed by atoms with Gasteiger partial charge in [-0.3, -0.25) is 5.10 Å². The van der Waals surface area contributed by atoms with Gasteiger partial charge in [0.2, 0.25) is 0 Å². The Bertz CT molecular complexity index is 266. The Labute approximate surface area is 66.2 Å². The highest BCUT2D eigenvalue weighted by Gasteiger charge is 2.34. The van der Waals surface area contributed by atoms with E-state index in [2.05, 4.69) is 5.10 Å². The lowest BCUT2D eigenvalue weighted by Crippen LogP contribution is -2.05. The zero-order valence-corrected chi connectivity index (χ0v) is 6.11. The predicted octanol–water partition coefficient (Wildman–Crippen LogP) is 1.28. The molecule has 1 atom stereocenters. The Kier molecular flexibility index (Phi) is 2.10. The molecule has 0 spiro atoms. The van der Waals surface area contributed by atoms with Crippen LogP contribution in [0.15, 0.2) is 0 Å². The molecule has 0 saturated heterocycles. The second-order valence-corrected chi connectivity index (χ2v) is 2.28. The van der Waals surface area contributed by atoms with Crippen molar-refractivity contribution >= 4 is 0 Å². The largest absolute Gasteiger partial charge is 0.435 e. The summed E-state index contributed by atoms with van der Waals surface area (Å²) in [5, 5.41) is 13.8. The molecule has 1 rings (SSSR count). The third-order valence-corrected chi connectivity index (χ3v) is 1.23. The lowest BCUT2D eigenvalue weighted by Gasteiger charge is -1.98. The summed E-state index contributed by atoms with van der Waals surface area (Å²) < 4.78 is 35.6. The molecule has 1 aromatic heterocycles. The van der Waals surface area contributed by atoms with E-state index < -0.39 is 18.0 Å². The minimum absolute atomic E-state index is 0.0673. The Morgan fingerprint density at radius 1 is 1.58 bits per heavy atom. The highest BCUT2D eigenvalue weighted by molar-refractivity contribution is 5.10. The number of hydrogen-bond acceptors (Lipinski definition) is 2. The van der Waals surface area contributed by atoms with Crippen molar-refractivity contribution in [2.75, 3.05) is 0 Å². The monoisotopic (exact) mass is 179 g/mol. The van der Waals surface area contributed by atoms with Gasteiger partial charge in [0.25, 0.3) is 0 Å². The van der Waals surface area contributed by atoms with Gasteiger partial charge in [-0.25, -0.2) is 0 Å². The number of H-pyrrole nitrogens is 1. The van der Waals surface area contributed by atoms with Gasteiger partial charge in [0.1, 0.15) is 0 Å². The highest BCUT2D eigenvalue weighted by Crippen LogP contribution is 2.28. The topological polar surface area (TPSA) is 48.9 Å². The molecule has 2 N–H and O–H groups in total. The molecule has 0 aromatic carbocycles. The zero-order valence-electron chi connectivity index (χ0n) is 6.11. The summed E-state index contributed by atoms with van der Waals surface area (Å²) in [6.07, 6.45) is -5.53. The van der Waals surface area contributed by atoms with Crippen LogP contribution in [0.5, 0.6) is 0 Å². The first-order chi connectivity index (χ1) is 5.41. The second-order valence-electron chi connectivity index (χ2n) is 2.28. The maximum Gasteiger partial charge on any atom is 0.435 e. The van der Waals surface area contributed by atoms with Crippen molar-refractivity contribution in [1.82, 2.24) is 10.2 Å². The van der Waals surface area contributed by atoms with Crippen molar-refractivity contribution in [3.05, 3.63) is 17.5 Å². The molecule has 0 amide bonds. The molecular formula is C6H6F3N2O. The molecule has 1 unspecified atom stereocenters. The van der Waals surface area contributed by atoms with E-state index in [-0.39, 0.29) is 5.69 Å². The number of aromatic amines is 1. The van der Waals surface area contributed by atoms with E-state index >= 15 is 0 Å². The standard InChI is InChI=1S/C6H6F3N2O/c1-3(12)4-2-5(11-10-4)6(7,8)9/h3,12H,1H3,(H,10,11). The van der Waals surface area contributed by atoms with Crippen LogP contribution in [-0.4, -0.2) is 15.3 Å². The summed E-state index contributed by atoms with van der Waals surface area (Å²) in [7, 11) is 0. The normalized spacial score (nSPS) is 14.8. The quantitative estimate of drug-likeness (QED) is 0.682. The van der Waals surface area contributed by atoms with Crippen molar-refractivity contribution in [1.29, 1.82) is 0 Å². The number of halogens is 3. The van der Waals surface area contributed by atoms with Gasteiger partial charge in [-0.15, -0.1) is 0 Å². The van der Waals surface area contributed by atoms with Crippen LogP contribution < -0.4 is 0 Å². The highest BCUT2D eigenvalue weighted by atomic mass is 19.4. The molecule has 67 valence electrons. The Balaban J connectivity index is 2.92. The first-order valence-electron chi connectivity index (χ1n) is 3.14. The van der Waals surface area contributed by atoms with Gasteiger partial charge >= 0.3 is 6.18 Å². The van der Waals surface area contributed by atoms with Crippen LogP contribution in [0.3, 0.4) is 0 Å². The summed E-state index contributed by atoms with van der Waals surface area (Å²) in [6.45, 7) is 1.32. The molecular weight excluding hydrogens is 173 g/mol. The van der Waals surface area contributed by atoms with E-state index in [1.54, 1.807) is 0 Å². The van der Waals surface area contributed by atoms with Crippen LogP contribution in [0.2, 0.25) is 0 Å². The summed E-state index contributed by atoms with van der Waals surface area (Å²) in [5.41, 5.74) is -1.21. The minimum Gasteiger partial charge on any atom is -0.387 e. The van der Waals surface area contributed by atoms with Crippen molar-refractivity contribution < 1.29 is 18.3 Å². The molecule has 12 heavy (non-hydrogen) atoms. The van der Waals surface area contributed by atoms with Gasteiger partial charge in [0.05, 0.1) is 11.8 Å². The smallest absolute Gasteiger partial charge is 0.387 e. The number of hydrogen-bond donors (Lipinski definition) is 2. The number of nitrogens with one attached hydrogen (secondary N) is 1. The van der Waals surface area contributed by atoms with Crippen molar-refractivity contribution in [3.8, 4) is 0 Å². The molecule has 6 heteroatoms. The number of aliphatic hydroxyl groups is 1. The van der Waals surface area contributed by atoms with E-state index in [9.17, 15) is 13.2 Å². The van der Waals surface area contributed by atoms with E-state index in [1.165, 1.54) is 6.92 Å². The molecule has 1 heterocycles. The molecule has 0 aliphatic rings. The maximum atomic E-state index is 11.9. The van der Waals surface area contributed by atoms with Gasteiger partial charge in [-0.2, -0.15) is 18.3 Å². The number of nitrogens with zero attached hydrogens (tertiary/aromatic N) is 1. The predicted molar refractivity (Wildman–Crippen MR) is 33.1 cm³/mol. The number of rotatable bonds is 1. The van der Waals surface area contributed by atoms with E-state index in [1.807, 2.05) is 11.2 Å². The van der Waals surface area contributed by atoms with Gasteiger partial charge in [-0.1, -0.05) is 0 Å². The summed E-state index contributed by atoms with van der Waals surface area (Å²) in [4.78, 5) is 0. The fourth-order valence-corrected chi connectivity index (χ4v) is 0.632. The average molecular weight is 179 g/mol. The van der Waals surface area contributed by atoms with Crippen molar-refractivity contribution in [2.24, 2.45) is 0 Å². The molecule has 1 radical (unpaired) electrons. The number of alkyl halides is 3. The van der Waals surface area contributed by atoms with E-state index in [0.29, 0.717) is 0 Å². The number of aromatic nitrogens is 2. The minimum atomic E-state index is -4.51. The average Bonchev–Trinajstić information content (AvgIpc) is 2.30. The van der Waals surface area contributed by atoms with Gasteiger partial charge in [0, 0.05) is 6.07 Å². The van der Waals surface area contributed by atoms with Crippen LogP contribution in [0, 0.1) is 6.07 Å². The molecule has 1 aromatic rings. The summed E-state index contributed by atoms with van der Waals surface area (Å²) in [6, 6.07) is 1.91. The Morgan fingerprint density at radius 2 is 2.17 bits per heavy atom. The first kappa shape index (κ1) is 9.05. The third-order valence-electron chi connectivity index (χ3n) is 1.23. The SMILES string of the molecule is CC(O)c1[c]c(C(F)(F)F)n[nH]1. The zero-order chi connectivity index (χ0) is 9.35. The van der Waals surface area contributed by atoms with Crippen LogP contribution >= 0.6 is 0 Å². The lowest BCUT2D eigenvalue weighted by molar-refractivity contribution is -0.141. The molecule has 0 aliphatic carbocycles. The number of aliphatic hydroxyl groups excluding tert-OH is 1. The Morgan fingerprint density at radius 3 is 2.42 bits per heavy atom. The fourth-order valence-electron chi connectivity index (χ4n) is 0.632. The van der Waals surface area contributed by atoms with Gasteiger partial charge in [0.15, 0.2) is 5.69 Å². The molecule has 0 bridgehead atoms. The molecule has 0 aliphatic heterocycles. The van der Waals surface area contributed by atoms with Crippen molar-refractivity contribution in [3.63, 3.8) is 0 Å². The second kappa shape index (κ2) is 2.78. The molecule has 0 saturated carbocycles. The Hall–Kier alpha value is -1.04. The van der Waals surface area contributed by atoms with Gasteiger partial charge < -0.3 is 5.11 Å². The van der Waals surface area contributed by atoms with Crippen molar-refractivity contribution in [2.45, 2.75) is 19.2 Å². The van der Waals surface area contributed by atoms with Gasteiger partial charge in [-0.05, 0) is 6.92 Å². The molecule has 3 nitrogen and oxygen atoms in total. The third kappa shape index (κ3) is 1.76. The summed E-state index contributed by atoms with van der Waals surface area (Å²) >= 11 is 0. The first-order valence-corrected chi connectivity index (χ1v) is 3.14. The van der Waals surface area contributed by atoms with Crippen LogP contribution in [0.4, 0.5) is 13.2 Å². The fraction of sp³-hybridized carbons (Fsp3) is 0.500. The maximum absolute atomic E-state index is 11.9. The van der Waals surface area contributed by atoms with Crippen LogP contribution in [0.1, 0.15) is 24.4 Å².